The van der Waals surface area contributed by atoms with Gasteiger partial charge in [-0.1, -0.05) is 6.07 Å². The number of nitrogens with zero attached hydrogens (tertiary/aromatic N) is 4. The summed E-state index contributed by atoms with van der Waals surface area (Å²) in [4.78, 5) is 8.27. The second-order valence-corrected chi connectivity index (χ2v) is 5.56. The minimum Gasteiger partial charge on any atom is -0.364 e. The Labute approximate surface area is 146 Å². The van der Waals surface area contributed by atoms with E-state index in [1.54, 1.807) is 35.2 Å². The Kier molecular flexibility index (Phi) is 4.00. The molecule has 4 rings (SSSR count). The first-order valence-corrected chi connectivity index (χ1v) is 7.75. The third-order valence-electron chi connectivity index (χ3n) is 3.91. The van der Waals surface area contributed by atoms with Crippen molar-refractivity contribution >= 4 is 11.5 Å². The zero-order valence-corrected chi connectivity index (χ0v) is 13.3. The number of hydrogen-bond donors (Lipinski definition) is 1. The molecule has 0 aliphatic heterocycles. The van der Waals surface area contributed by atoms with Crippen LogP contribution in [0.3, 0.4) is 0 Å². The molecule has 0 aliphatic rings. The van der Waals surface area contributed by atoms with Crippen LogP contribution in [0.1, 0.15) is 5.56 Å². The molecule has 3 aromatic heterocycles. The normalized spacial score (nSPS) is 11.0. The van der Waals surface area contributed by atoms with Crippen LogP contribution in [-0.2, 0) is 6.54 Å². The van der Waals surface area contributed by atoms with Gasteiger partial charge in [0.25, 0.3) is 0 Å². The first-order valence-electron chi connectivity index (χ1n) is 7.75. The molecule has 0 saturated carbocycles. The largest absolute Gasteiger partial charge is 0.364 e. The fourth-order valence-corrected chi connectivity index (χ4v) is 2.58. The Balaban J connectivity index is 1.63. The van der Waals surface area contributed by atoms with Crippen LogP contribution in [0.5, 0.6) is 0 Å². The zero-order chi connectivity index (χ0) is 18.1. The summed E-state index contributed by atoms with van der Waals surface area (Å²) in [6.45, 7) is -0.0408. The van der Waals surface area contributed by atoms with Crippen LogP contribution >= 0.6 is 0 Å². The predicted octanol–water partition coefficient (Wildman–Crippen LogP) is 3.82. The first kappa shape index (κ1) is 16.1. The van der Waals surface area contributed by atoms with E-state index in [2.05, 4.69) is 20.4 Å². The monoisotopic (exact) mass is 355 g/mol. The molecule has 0 aliphatic carbocycles. The van der Waals surface area contributed by atoms with Crippen molar-refractivity contribution in [3.05, 3.63) is 78.0 Å². The van der Waals surface area contributed by atoms with Gasteiger partial charge in [-0.3, -0.25) is 4.98 Å². The topological polar surface area (TPSA) is 55.1 Å². The summed E-state index contributed by atoms with van der Waals surface area (Å²) < 4.78 is 41.7. The van der Waals surface area contributed by atoms with Gasteiger partial charge in [0, 0.05) is 30.1 Å². The van der Waals surface area contributed by atoms with E-state index in [1.165, 1.54) is 6.07 Å². The molecule has 1 N–H and O–H groups in total. The minimum atomic E-state index is -1.48. The fraction of sp³-hybridized carbons (Fsp3) is 0.0556. The molecule has 26 heavy (non-hydrogen) atoms. The van der Waals surface area contributed by atoms with Crippen molar-refractivity contribution in [3.8, 4) is 11.3 Å². The van der Waals surface area contributed by atoms with E-state index in [0.29, 0.717) is 11.5 Å². The summed E-state index contributed by atoms with van der Waals surface area (Å²) in [5.41, 5.74) is 2.31. The second kappa shape index (κ2) is 6.47. The minimum absolute atomic E-state index is 0.00536. The van der Waals surface area contributed by atoms with Crippen LogP contribution in [0.15, 0.2) is 55.0 Å². The second-order valence-electron chi connectivity index (χ2n) is 5.56. The third-order valence-corrected chi connectivity index (χ3v) is 3.91. The number of pyridine rings is 1. The average Bonchev–Trinajstić information content (AvgIpc) is 3.09. The molecule has 0 unspecified atom stereocenters. The van der Waals surface area contributed by atoms with Crippen LogP contribution in [0.25, 0.3) is 16.9 Å². The van der Waals surface area contributed by atoms with Crippen LogP contribution in [0.4, 0.5) is 19.0 Å². The molecule has 3 heterocycles. The highest BCUT2D eigenvalue weighted by atomic mass is 19.2. The lowest BCUT2D eigenvalue weighted by molar-refractivity contribution is 0.442. The molecule has 0 amide bonds. The van der Waals surface area contributed by atoms with Crippen LogP contribution < -0.4 is 5.32 Å². The number of imidazole rings is 1. The third kappa shape index (κ3) is 2.85. The van der Waals surface area contributed by atoms with E-state index in [-0.39, 0.29) is 12.1 Å². The van der Waals surface area contributed by atoms with Crippen LogP contribution in [-0.4, -0.2) is 19.6 Å². The van der Waals surface area contributed by atoms with E-state index < -0.39 is 17.5 Å². The molecule has 0 radical (unpaired) electrons. The summed E-state index contributed by atoms with van der Waals surface area (Å²) in [5, 5.41) is 7.34. The van der Waals surface area contributed by atoms with Crippen molar-refractivity contribution < 1.29 is 13.2 Å². The molecule has 0 spiro atoms. The van der Waals surface area contributed by atoms with Crippen LogP contribution in [0, 0.1) is 17.5 Å². The molecular formula is C18H12F3N5. The molecule has 0 saturated heterocycles. The number of nitrogens with one attached hydrogen (secondary N) is 1. The van der Waals surface area contributed by atoms with Gasteiger partial charge < -0.3 is 5.32 Å². The highest BCUT2D eigenvalue weighted by Gasteiger charge is 2.13. The Morgan fingerprint density at radius 1 is 0.923 bits per heavy atom. The molecule has 0 atom stereocenters. The SMILES string of the molecule is Fc1ccc(CNc2ccc3ncc(-c4ccncc4)n3n2)c(F)c1F. The molecule has 8 heteroatoms. The van der Waals surface area contributed by atoms with Crippen molar-refractivity contribution in [3.63, 3.8) is 0 Å². The van der Waals surface area contributed by atoms with Gasteiger partial charge in [-0.25, -0.2) is 22.7 Å². The Morgan fingerprint density at radius 3 is 2.54 bits per heavy atom. The quantitative estimate of drug-likeness (QED) is 0.566. The molecular weight excluding hydrogens is 343 g/mol. The Hall–Kier alpha value is -3.42. The summed E-state index contributed by atoms with van der Waals surface area (Å²) >= 11 is 0. The van der Waals surface area contributed by atoms with Gasteiger partial charge in [0.05, 0.1) is 11.9 Å². The zero-order valence-electron chi connectivity index (χ0n) is 13.3. The lowest BCUT2D eigenvalue weighted by atomic mass is 10.2. The summed E-state index contributed by atoms with van der Waals surface area (Å²) in [5.74, 6) is -3.47. The fourth-order valence-electron chi connectivity index (χ4n) is 2.58. The molecule has 0 bridgehead atoms. The van der Waals surface area contributed by atoms with Crippen molar-refractivity contribution in [2.24, 2.45) is 0 Å². The number of hydrogen-bond acceptors (Lipinski definition) is 4. The van der Waals surface area contributed by atoms with Crippen molar-refractivity contribution in [2.75, 3.05) is 5.32 Å². The van der Waals surface area contributed by atoms with Crippen molar-refractivity contribution in [1.29, 1.82) is 0 Å². The maximum Gasteiger partial charge on any atom is 0.194 e. The lowest BCUT2D eigenvalue weighted by Gasteiger charge is -2.08. The molecule has 5 nitrogen and oxygen atoms in total. The van der Waals surface area contributed by atoms with Crippen molar-refractivity contribution in [2.45, 2.75) is 6.54 Å². The predicted molar refractivity (Wildman–Crippen MR) is 89.9 cm³/mol. The standard InChI is InChI=1S/C18H12F3N5/c19-13-2-1-12(17(20)18(13)21)9-23-15-3-4-16-24-10-14(26(16)25-15)11-5-7-22-8-6-11/h1-8,10H,9H2,(H,23,25). The smallest absolute Gasteiger partial charge is 0.194 e. The number of benzene rings is 1. The van der Waals surface area contributed by atoms with Crippen molar-refractivity contribution in [1.82, 2.24) is 19.6 Å². The summed E-state index contributed by atoms with van der Waals surface area (Å²) in [7, 11) is 0. The molecule has 1 aromatic carbocycles. The van der Waals surface area contributed by atoms with E-state index in [9.17, 15) is 13.2 Å². The maximum absolute atomic E-state index is 13.8. The van der Waals surface area contributed by atoms with Crippen LogP contribution in [0.2, 0.25) is 0 Å². The average molecular weight is 355 g/mol. The van der Waals surface area contributed by atoms with E-state index in [1.807, 2.05) is 12.1 Å². The number of rotatable bonds is 4. The number of halogens is 3. The van der Waals surface area contributed by atoms with Gasteiger partial charge in [0.1, 0.15) is 5.82 Å². The van der Waals surface area contributed by atoms with E-state index in [0.717, 1.165) is 17.3 Å². The van der Waals surface area contributed by atoms with Gasteiger partial charge >= 0.3 is 0 Å². The summed E-state index contributed by atoms with van der Waals surface area (Å²) in [6, 6.07) is 9.18. The van der Waals surface area contributed by atoms with Gasteiger partial charge in [0.2, 0.25) is 0 Å². The highest BCUT2D eigenvalue weighted by molar-refractivity contribution is 5.63. The molecule has 130 valence electrons. The lowest BCUT2D eigenvalue weighted by Crippen LogP contribution is -2.07. The first-order chi connectivity index (χ1) is 12.6. The number of fused-ring (bicyclic) bond motifs is 1. The molecule has 0 fully saturated rings. The number of anilines is 1. The van der Waals surface area contributed by atoms with Gasteiger partial charge in [-0.05, 0) is 30.3 Å². The Morgan fingerprint density at radius 2 is 1.73 bits per heavy atom. The van der Waals surface area contributed by atoms with Gasteiger partial charge in [-0.2, -0.15) is 0 Å². The number of aromatic nitrogens is 4. The van der Waals surface area contributed by atoms with Gasteiger partial charge in [-0.15, -0.1) is 5.10 Å². The maximum atomic E-state index is 13.8. The van der Waals surface area contributed by atoms with E-state index in [4.69, 9.17) is 0 Å². The van der Waals surface area contributed by atoms with E-state index >= 15 is 0 Å². The van der Waals surface area contributed by atoms with Gasteiger partial charge in [0.15, 0.2) is 23.1 Å². The highest BCUT2D eigenvalue weighted by Crippen LogP contribution is 2.21. The Bertz CT molecular complexity index is 1080. The molecule has 4 aromatic rings. The summed E-state index contributed by atoms with van der Waals surface area (Å²) in [6.07, 6.45) is 5.03.